The van der Waals surface area contributed by atoms with Gasteiger partial charge in [-0.15, -0.1) is 0 Å². The maximum Gasteiger partial charge on any atom is 0.290 e. The molecule has 1 amide bonds. The summed E-state index contributed by atoms with van der Waals surface area (Å²) in [5, 5.41) is 0.880. The van der Waals surface area contributed by atoms with Gasteiger partial charge in [0.05, 0.1) is 11.5 Å². The van der Waals surface area contributed by atoms with E-state index in [-0.39, 0.29) is 34.6 Å². The molecule has 4 rings (SSSR count). The van der Waals surface area contributed by atoms with E-state index in [1.807, 2.05) is 37.3 Å². The van der Waals surface area contributed by atoms with Gasteiger partial charge in [0.25, 0.3) is 5.91 Å². The van der Waals surface area contributed by atoms with Gasteiger partial charge in [-0.05, 0) is 48.1 Å². The topological polar surface area (TPSA) is 67.6 Å². The highest BCUT2D eigenvalue weighted by molar-refractivity contribution is 9.10. The number of halogens is 1. The van der Waals surface area contributed by atoms with Crippen molar-refractivity contribution in [3.63, 3.8) is 0 Å². The summed E-state index contributed by atoms with van der Waals surface area (Å²) in [6, 6.07) is 13.5. The van der Waals surface area contributed by atoms with Crippen molar-refractivity contribution in [3.05, 3.63) is 69.4 Å². The minimum atomic E-state index is -3.15. The first kappa shape index (κ1) is 23.1. The molecule has 1 aliphatic heterocycles. The van der Waals surface area contributed by atoms with Crippen LogP contribution >= 0.6 is 15.9 Å². The molecule has 1 aromatic heterocycles. The molecule has 0 N–H and O–H groups in total. The van der Waals surface area contributed by atoms with Crippen LogP contribution in [0.25, 0.3) is 11.0 Å². The normalized spacial score (nSPS) is 18.2. The smallest absolute Gasteiger partial charge is 0.290 e. The Kier molecular flexibility index (Phi) is 6.01. The van der Waals surface area contributed by atoms with Gasteiger partial charge in [0.15, 0.2) is 15.6 Å². The lowest BCUT2D eigenvalue weighted by Gasteiger charge is -2.28. The molecule has 170 valence electrons. The number of furan rings is 1. The van der Waals surface area contributed by atoms with Crippen molar-refractivity contribution in [3.8, 4) is 0 Å². The molecule has 32 heavy (non-hydrogen) atoms. The van der Waals surface area contributed by atoms with Crippen LogP contribution in [-0.4, -0.2) is 36.8 Å². The Labute approximate surface area is 197 Å². The van der Waals surface area contributed by atoms with Crippen molar-refractivity contribution in [2.45, 2.75) is 52.1 Å². The number of rotatable bonds is 4. The quantitative estimate of drug-likeness (QED) is 0.449. The summed E-state index contributed by atoms with van der Waals surface area (Å²) in [7, 11) is -3.15. The lowest BCUT2D eigenvalue weighted by Crippen LogP contribution is -2.40. The molecule has 1 fully saturated rings. The summed E-state index contributed by atoms with van der Waals surface area (Å²) >= 11 is 3.44. The van der Waals surface area contributed by atoms with E-state index in [0.29, 0.717) is 18.5 Å². The van der Waals surface area contributed by atoms with Gasteiger partial charge in [0, 0.05) is 28.0 Å². The van der Waals surface area contributed by atoms with Crippen molar-refractivity contribution >= 4 is 42.6 Å². The van der Waals surface area contributed by atoms with Crippen LogP contribution in [0, 0.1) is 6.92 Å². The van der Waals surface area contributed by atoms with E-state index in [4.69, 9.17) is 4.42 Å². The second kappa shape index (κ2) is 8.34. The SMILES string of the molecule is Cc1c(C(=O)N(Cc2ccc(C(C)(C)C)cc2)[C@H]2CCS(=O)(=O)C2)oc2cc(Br)ccc12. The summed E-state index contributed by atoms with van der Waals surface area (Å²) in [4.78, 5) is 15.4. The van der Waals surface area contributed by atoms with Gasteiger partial charge in [-0.3, -0.25) is 4.79 Å². The van der Waals surface area contributed by atoms with E-state index in [1.165, 1.54) is 5.56 Å². The number of carbonyl (C=O) groups is 1. The molecule has 0 spiro atoms. The molecule has 2 aromatic carbocycles. The summed E-state index contributed by atoms with van der Waals surface area (Å²) in [5.74, 6) is 0.102. The molecule has 0 saturated carbocycles. The van der Waals surface area contributed by atoms with E-state index in [0.717, 1.165) is 21.0 Å². The van der Waals surface area contributed by atoms with E-state index < -0.39 is 9.84 Å². The molecule has 2 heterocycles. The average Bonchev–Trinajstić information content (AvgIpc) is 3.24. The minimum Gasteiger partial charge on any atom is -0.451 e. The fraction of sp³-hybridized carbons (Fsp3) is 0.400. The first-order chi connectivity index (χ1) is 14.9. The van der Waals surface area contributed by atoms with E-state index in [2.05, 4.69) is 48.8 Å². The molecule has 0 aliphatic carbocycles. The van der Waals surface area contributed by atoms with E-state index in [9.17, 15) is 13.2 Å². The van der Waals surface area contributed by atoms with Gasteiger partial charge in [0.1, 0.15) is 5.58 Å². The standard InChI is InChI=1S/C25H28BrNO4S/c1-16-21-10-9-19(26)13-22(21)31-23(16)24(28)27(20-11-12-32(29,30)15-20)14-17-5-7-18(8-6-17)25(2,3)4/h5-10,13,20H,11-12,14-15H2,1-4H3/t20-/m0/s1. The second-order valence-corrected chi connectivity index (χ2v) is 12.8. The number of carbonyl (C=O) groups excluding carboxylic acids is 1. The Morgan fingerprint density at radius 2 is 1.84 bits per heavy atom. The third-order valence-corrected chi connectivity index (χ3v) is 8.42. The number of fused-ring (bicyclic) bond motifs is 1. The summed E-state index contributed by atoms with van der Waals surface area (Å²) in [6.07, 6.45) is 0.443. The third-order valence-electron chi connectivity index (χ3n) is 6.18. The van der Waals surface area contributed by atoms with Crippen LogP contribution in [0.5, 0.6) is 0 Å². The van der Waals surface area contributed by atoms with Gasteiger partial charge >= 0.3 is 0 Å². The maximum absolute atomic E-state index is 13.7. The molecule has 1 saturated heterocycles. The molecule has 5 nitrogen and oxygen atoms in total. The Morgan fingerprint density at radius 3 is 2.44 bits per heavy atom. The summed E-state index contributed by atoms with van der Waals surface area (Å²) in [5.41, 5.74) is 3.61. The van der Waals surface area contributed by atoms with Gasteiger partial charge in [0.2, 0.25) is 0 Å². The number of amides is 1. The molecular formula is C25H28BrNO4S. The monoisotopic (exact) mass is 517 g/mol. The Hall–Kier alpha value is -2.12. The van der Waals surface area contributed by atoms with Gasteiger partial charge in [-0.2, -0.15) is 0 Å². The van der Waals surface area contributed by atoms with Crippen molar-refractivity contribution in [2.75, 3.05) is 11.5 Å². The number of hydrogen-bond acceptors (Lipinski definition) is 4. The highest BCUT2D eigenvalue weighted by atomic mass is 79.9. The number of nitrogens with zero attached hydrogens (tertiary/aromatic N) is 1. The van der Waals surface area contributed by atoms with Gasteiger partial charge in [-0.1, -0.05) is 61.0 Å². The lowest BCUT2D eigenvalue weighted by molar-refractivity contribution is 0.0649. The fourth-order valence-corrected chi connectivity index (χ4v) is 6.30. The Bertz CT molecular complexity index is 1270. The highest BCUT2D eigenvalue weighted by Crippen LogP contribution is 2.31. The van der Waals surface area contributed by atoms with Crippen molar-refractivity contribution in [1.29, 1.82) is 0 Å². The van der Waals surface area contributed by atoms with E-state index in [1.54, 1.807) is 4.90 Å². The first-order valence-corrected chi connectivity index (χ1v) is 13.4. The maximum atomic E-state index is 13.7. The fourth-order valence-electron chi connectivity index (χ4n) is 4.23. The molecule has 7 heteroatoms. The van der Waals surface area contributed by atoms with Crippen LogP contribution in [0.3, 0.4) is 0 Å². The van der Waals surface area contributed by atoms with Crippen LogP contribution < -0.4 is 0 Å². The molecule has 0 radical (unpaired) electrons. The predicted molar refractivity (Wildman–Crippen MR) is 131 cm³/mol. The van der Waals surface area contributed by atoms with Crippen molar-refractivity contribution < 1.29 is 17.6 Å². The zero-order valence-electron chi connectivity index (χ0n) is 18.8. The van der Waals surface area contributed by atoms with Gasteiger partial charge < -0.3 is 9.32 Å². The number of hydrogen-bond donors (Lipinski definition) is 0. The molecule has 0 bridgehead atoms. The second-order valence-electron chi connectivity index (χ2n) is 9.63. The molecular weight excluding hydrogens is 490 g/mol. The van der Waals surface area contributed by atoms with Crippen LogP contribution in [0.2, 0.25) is 0 Å². The summed E-state index contributed by atoms with van der Waals surface area (Å²) in [6.45, 7) is 8.68. The summed E-state index contributed by atoms with van der Waals surface area (Å²) < 4.78 is 31.2. The molecule has 1 atom stereocenters. The number of sulfone groups is 1. The molecule has 3 aromatic rings. The first-order valence-electron chi connectivity index (χ1n) is 10.7. The zero-order chi connectivity index (χ0) is 23.3. The molecule has 1 aliphatic rings. The van der Waals surface area contributed by atoms with Crippen LogP contribution in [0.4, 0.5) is 0 Å². The molecule has 0 unspecified atom stereocenters. The lowest BCUT2D eigenvalue weighted by atomic mass is 9.86. The number of benzene rings is 2. The predicted octanol–water partition coefficient (Wildman–Crippen LogP) is 5.63. The van der Waals surface area contributed by atoms with Crippen LogP contribution in [-0.2, 0) is 21.8 Å². The van der Waals surface area contributed by atoms with E-state index >= 15 is 0 Å². The Balaban J connectivity index is 1.70. The Morgan fingerprint density at radius 1 is 1.16 bits per heavy atom. The van der Waals surface area contributed by atoms with Crippen molar-refractivity contribution in [1.82, 2.24) is 4.90 Å². The van der Waals surface area contributed by atoms with Crippen LogP contribution in [0.15, 0.2) is 51.4 Å². The third kappa shape index (κ3) is 4.64. The van der Waals surface area contributed by atoms with Crippen molar-refractivity contribution in [2.24, 2.45) is 0 Å². The number of aryl methyl sites for hydroxylation is 1. The van der Waals surface area contributed by atoms with Gasteiger partial charge in [-0.25, -0.2) is 8.42 Å². The largest absolute Gasteiger partial charge is 0.451 e. The van der Waals surface area contributed by atoms with Crippen LogP contribution in [0.1, 0.15) is 54.4 Å². The highest BCUT2D eigenvalue weighted by Gasteiger charge is 2.36. The average molecular weight is 518 g/mol. The zero-order valence-corrected chi connectivity index (χ0v) is 21.2. The minimum absolute atomic E-state index is 0.0103.